The van der Waals surface area contributed by atoms with E-state index in [0.29, 0.717) is 23.0 Å². The molecule has 34 heavy (non-hydrogen) atoms. The summed E-state index contributed by atoms with van der Waals surface area (Å²) >= 11 is 0. The van der Waals surface area contributed by atoms with E-state index in [4.69, 9.17) is 20.6 Å². The fourth-order valence-electron chi connectivity index (χ4n) is 6.19. The number of rotatable bonds is 4. The molecular formula is C25H27ClN4O4. The standard InChI is InChI=1S/C25H26N4O4.ClH/c1-13-8-9-28-21(13)19-20(22(28)15-3-5-16(6-4-15)23(26)27)25(31)29(24(19)30)11-14-2-7-17-18(10-14)33-12-32-17;/h2-7,10,13,19-22H,8-9,11-12H2,1H3,(H3,26,27);1H/t13-,19+,20-,21-,22-;/m0./s1. The molecule has 0 saturated carbocycles. The quantitative estimate of drug-likeness (QED) is 0.394. The van der Waals surface area contributed by atoms with E-state index in [1.807, 2.05) is 42.5 Å². The lowest BCUT2D eigenvalue weighted by atomic mass is 9.82. The molecule has 0 spiro atoms. The van der Waals surface area contributed by atoms with Crippen LogP contribution in [-0.2, 0) is 16.1 Å². The molecule has 0 radical (unpaired) electrons. The predicted octanol–water partition coefficient (Wildman–Crippen LogP) is 2.69. The molecule has 0 unspecified atom stereocenters. The minimum atomic E-state index is -0.401. The van der Waals surface area contributed by atoms with Gasteiger partial charge in [0.25, 0.3) is 0 Å². The highest BCUT2D eigenvalue weighted by atomic mass is 35.5. The molecule has 8 nitrogen and oxygen atoms in total. The number of nitrogens with two attached hydrogens (primary N) is 1. The highest BCUT2D eigenvalue weighted by Crippen LogP contribution is 2.54. The van der Waals surface area contributed by atoms with E-state index in [1.165, 1.54) is 4.90 Å². The highest BCUT2D eigenvalue weighted by molar-refractivity contribution is 6.06. The molecule has 3 N–H and O–H groups in total. The number of fused-ring (bicyclic) bond motifs is 4. The van der Waals surface area contributed by atoms with Gasteiger partial charge in [0.15, 0.2) is 11.5 Å². The largest absolute Gasteiger partial charge is 0.454 e. The number of imide groups is 1. The molecule has 4 heterocycles. The topological polar surface area (TPSA) is 109 Å². The third-order valence-corrected chi connectivity index (χ3v) is 7.70. The van der Waals surface area contributed by atoms with Gasteiger partial charge in [0.05, 0.1) is 18.4 Å². The third-order valence-electron chi connectivity index (χ3n) is 7.70. The second-order valence-corrected chi connectivity index (χ2v) is 9.48. The van der Waals surface area contributed by atoms with Crippen LogP contribution in [0.1, 0.15) is 36.1 Å². The number of amides is 2. The summed E-state index contributed by atoms with van der Waals surface area (Å²) in [6.45, 7) is 3.48. The van der Waals surface area contributed by atoms with Crippen LogP contribution in [0.25, 0.3) is 0 Å². The van der Waals surface area contributed by atoms with E-state index in [2.05, 4.69) is 11.8 Å². The van der Waals surface area contributed by atoms with Crippen LogP contribution in [-0.4, -0.2) is 46.8 Å². The fraction of sp³-hybridized carbons (Fsp3) is 0.400. The Kier molecular flexibility index (Phi) is 5.53. The van der Waals surface area contributed by atoms with E-state index in [0.717, 1.165) is 24.1 Å². The first kappa shape index (κ1) is 22.7. The van der Waals surface area contributed by atoms with Crippen molar-refractivity contribution < 1.29 is 19.1 Å². The van der Waals surface area contributed by atoms with Gasteiger partial charge in [-0.15, -0.1) is 12.4 Å². The molecule has 3 saturated heterocycles. The maximum absolute atomic E-state index is 13.7. The van der Waals surface area contributed by atoms with Crippen LogP contribution < -0.4 is 15.2 Å². The van der Waals surface area contributed by atoms with Crippen molar-refractivity contribution in [3.63, 3.8) is 0 Å². The second-order valence-electron chi connectivity index (χ2n) is 9.48. The van der Waals surface area contributed by atoms with E-state index in [-0.39, 0.29) is 61.4 Å². The zero-order valence-electron chi connectivity index (χ0n) is 18.8. The Morgan fingerprint density at radius 3 is 2.50 bits per heavy atom. The number of nitrogens with one attached hydrogen (secondary N) is 1. The van der Waals surface area contributed by atoms with Gasteiger partial charge in [-0.05, 0) is 42.1 Å². The lowest BCUT2D eigenvalue weighted by Crippen LogP contribution is -2.40. The first-order chi connectivity index (χ1) is 15.9. The number of halogens is 1. The number of amidine groups is 1. The molecule has 3 fully saturated rings. The predicted molar refractivity (Wildman–Crippen MR) is 127 cm³/mol. The van der Waals surface area contributed by atoms with Crippen LogP contribution >= 0.6 is 12.4 Å². The zero-order valence-corrected chi connectivity index (χ0v) is 19.6. The Labute approximate surface area is 203 Å². The number of carbonyl (C=O) groups is 2. The highest BCUT2D eigenvalue weighted by Gasteiger charge is 2.64. The Morgan fingerprint density at radius 2 is 1.76 bits per heavy atom. The minimum absolute atomic E-state index is 0. The van der Waals surface area contributed by atoms with Crippen LogP contribution in [0.4, 0.5) is 0 Å². The van der Waals surface area contributed by atoms with Crippen LogP contribution in [0, 0.1) is 23.2 Å². The van der Waals surface area contributed by atoms with Gasteiger partial charge in [-0.25, -0.2) is 0 Å². The molecule has 5 atom stereocenters. The van der Waals surface area contributed by atoms with Crippen LogP contribution in [0.3, 0.4) is 0 Å². The van der Waals surface area contributed by atoms with Crippen LogP contribution in [0.5, 0.6) is 11.5 Å². The lowest BCUT2D eigenvalue weighted by Gasteiger charge is -2.29. The van der Waals surface area contributed by atoms with Crippen molar-refractivity contribution in [1.29, 1.82) is 5.41 Å². The van der Waals surface area contributed by atoms with E-state index >= 15 is 0 Å². The molecule has 0 aromatic heterocycles. The molecule has 4 aliphatic heterocycles. The monoisotopic (exact) mass is 482 g/mol. The maximum Gasteiger partial charge on any atom is 0.235 e. The molecule has 0 bridgehead atoms. The van der Waals surface area contributed by atoms with Crippen molar-refractivity contribution in [2.75, 3.05) is 13.3 Å². The SMILES string of the molecule is C[C@H]1CCN2[C@@H]1[C@@H]1C(=O)N(Cc3ccc4c(c3)OCO4)C(=O)[C@@H]1[C@@H]2c1ccc(C(=N)N)cc1.Cl. The Bertz CT molecular complexity index is 1170. The summed E-state index contributed by atoms with van der Waals surface area (Å²) < 4.78 is 10.8. The van der Waals surface area contributed by atoms with Crippen molar-refractivity contribution >= 4 is 30.1 Å². The van der Waals surface area contributed by atoms with E-state index in [1.54, 1.807) is 0 Å². The van der Waals surface area contributed by atoms with Gasteiger partial charge in [-0.3, -0.25) is 24.8 Å². The van der Waals surface area contributed by atoms with E-state index in [9.17, 15) is 9.59 Å². The number of hydrogen-bond donors (Lipinski definition) is 2. The summed E-state index contributed by atoms with van der Waals surface area (Å²) in [5, 5.41) is 7.66. The molecule has 2 aromatic carbocycles. The van der Waals surface area contributed by atoms with E-state index < -0.39 is 5.92 Å². The fourth-order valence-corrected chi connectivity index (χ4v) is 6.19. The number of nitrogens with zero attached hydrogens (tertiary/aromatic N) is 2. The summed E-state index contributed by atoms with van der Waals surface area (Å²) in [4.78, 5) is 31.1. The number of benzene rings is 2. The second kappa shape index (κ2) is 8.29. The molecular weight excluding hydrogens is 456 g/mol. The number of nitrogen functional groups attached to an aromatic ring is 1. The van der Waals surface area contributed by atoms with Crippen molar-refractivity contribution in [2.45, 2.75) is 32.0 Å². The van der Waals surface area contributed by atoms with Crippen molar-refractivity contribution in [2.24, 2.45) is 23.5 Å². The average Bonchev–Trinajstić information content (AvgIpc) is 3.55. The van der Waals surface area contributed by atoms with Gasteiger partial charge in [0.2, 0.25) is 18.6 Å². The maximum atomic E-state index is 13.7. The Morgan fingerprint density at radius 1 is 1.06 bits per heavy atom. The number of carbonyl (C=O) groups excluding carboxylic acids is 2. The first-order valence-electron chi connectivity index (χ1n) is 11.4. The Balaban J connectivity index is 0.00000241. The summed E-state index contributed by atoms with van der Waals surface area (Å²) in [5.74, 6) is 0.773. The van der Waals surface area contributed by atoms with Gasteiger partial charge in [0.1, 0.15) is 5.84 Å². The van der Waals surface area contributed by atoms with Crippen molar-refractivity contribution in [3.8, 4) is 11.5 Å². The zero-order chi connectivity index (χ0) is 22.9. The summed E-state index contributed by atoms with van der Waals surface area (Å²) in [5.41, 5.74) is 8.12. The average molecular weight is 483 g/mol. The smallest absolute Gasteiger partial charge is 0.235 e. The van der Waals surface area contributed by atoms with Gasteiger partial charge in [0, 0.05) is 17.6 Å². The molecule has 0 aliphatic carbocycles. The van der Waals surface area contributed by atoms with Gasteiger partial charge in [-0.2, -0.15) is 0 Å². The third kappa shape index (κ3) is 3.27. The van der Waals surface area contributed by atoms with Gasteiger partial charge >= 0.3 is 0 Å². The normalized spacial score (nSPS) is 29.2. The van der Waals surface area contributed by atoms with Gasteiger partial charge < -0.3 is 15.2 Å². The number of likely N-dealkylation sites (tertiary alicyclic amines) is 1. The first-order valence-corrected chi connectivity index (χ1v) is 11.4. The minimum Gasteiger partial charge on any atom is -0.454 e. The van der Waals surface area contributed by atoms with Crippen LogP contribution in [0.15, 0.2) is 42.5 Å². The molecule has 2 aromatic rings. The number of hydrogen-bond acceptors (Lipinski definition) is 6. The Hall–Kier alpha value is -3.10. The van der Waals surface area contributed by atoms with Gasteiger partial charge in [-0.1, -0.05) is 37.3 Å². The summed E-state index contributed by atoms with van der Waals surface area (Å²) in [6.07, 6.45) is 1.01. The van der Waals surface area contributed by atoms with Crippen molar-refractivity contribution in [1.82, 2.24) is 9.80 Å². The van der Waals surface area contributed by atoms with Crippen molar-refractivity contribution in [3.05, 3.63) is 59.2 Å². The lowest BCUT2D eigenvalue weighted by molar-refractivity contribution is -0.142. The number of ether oxygens (including phenoxy) is 2. The summed E-state index contributed by atoms with van der Waals surface area (Å²) in [7, 11) is 0. The van der Waals surface area contributed by atoms with Crippen LogP contribution in [0.2, 0.25) is 0 Å². The molecule has 178 valence electrons. The summed E-state index contributed by atoms with van der Waals surface area (Å²) in [6, 6.07) is 13.0. The molecule has 2 amide bonds. The molecule has 6 rings (SSSR count). The molecule has 4 aliphatic rings. The molecule has 9 heteroatoms.